The van der Waals surface area contributed by atoms with Crippen LogP contribution in [0.15, 0.2) is 0 Å². The summed E-state index contributed by atoms with van der Waals surface area (Å²) in [7, 11) is 0.500. The molecule has 0 aromatic heterocycles. The smallest absolute Gasteiger partial charge is 0.284 e. The van der Waals surface area contributed by atoms with Gasteiger partial charge in [0.1, 0.15) is 5.92 Å². The van der Waals surface area contributed by atoms with Crippen molar-refractivity contribution >= 4 is 0 Å². The molecule has 0 spiro atoms. The van der Waals surface area contributed by atoms with E-state index in [1.165, 1.54) is 44.9 Å². The topological polar surface area (TPSA) is 18.5 Å². The minimum atomic E-state index is -6.20. The lowest BCUT2D eigenvalue weighted by molar-refractivity contribution is -0.421. The van der Waals surface area contributed by atoms with Gasteiger partial charge in [0.2, 0.25) is 0 Å². The molecule has 0 aliphatic heterocycles. The molecule has 46 heavy (non-hydrogen) atoms. The van der Waals surface area contributed by atoms with E-state index >= 15 is 0 Å². The molecule has 2 atom stereocenters. The van der Waals surface area contributed by atoms with E-state index in [2.05, 4.69) is 37.2 Å². The Hall–Kier alpha value is -1.34. The van der Waals surface area contributed by atoms with Gasteiger partial charge in [-0.05, 0) is 0 Å². The Labute approximate surface area is 259 Å². The third-order valence-electron chi connectivity index (χ3n) is 4.24. The van der Waals surface area contributed by atoms with Gasteiger partial charge in [-0.1, -0.05) is 87.5 Å². The molecule has 2 unspecified atom stereocenters. The van der Waals surface area contributed by atoms with Crippen molar-refractivity contribution < 1.29 is 88.5 Å². The van der Waals surface area contributed by atoms with Crippen LogP contribution in [0.3, 0.4) is 0 Å². The summed E-state index contributed by atoms with van der Waals surface area (Å²) in [4.78, 5) is 0. The van der Waals surface area contributed by atoms with Crippen LogP contribution in [0.1, 0.15) is 101 Å². The second-order valence-corrected chi connectivity index (χ2v) is 8.55. The monoisotopic (exact) mass is 734 g/mol. The molecule has 0 heterocycles. The van der Waals surface area contributed by atoms with Gasteiger partial charge < -0.3 is 0 Å². The highest BCUT2D eigenvalue weighted by Crippen LogP contribution is 2.46. The summed E-state index contributed by atoms with van der Waals surface area (Å²) >= 11 is 0. The van der Waals surface area contributed by atoms with Crippen LogP contribution in [0.5, 0.6) is 0 Å². The van der Waals surface area contributed by atoms with Gasteiger partial charge in [-0.2, -0.15) is 61.5 Å². The van der Waals surface area contributed by atoms with Crippen molar-refractivity contribution in [3.05, 3.63) is 0 Å². The molecule has 0 aliphatic carbocycles. The Morgan fingerprint density at radius 3 is 1.15 bits per heavy atom. The lowest BCUT2D eigenvalue weighted by Gasteiger charge is -2.31. The summed E-state index contributed by atoms with van der Waals surface area (Å²) in [6, 6.07) is 0. The average Bonchev–Trinajstić information content (AvgIpc) is 2.85. The van der Waals surface area contributed by atoms with Gasteiger partial charge in [0.05, 0.1) is 7.18 Å². The van der Waals surface area contributed by atoms with Gasteiger partial charge in [-0.3, -0.25) is 13.9 Å². The second kappa shape index (κ2) is 28.7. The highest BCUT2D eigenvalue weighted by atomic mass is 19.4. The van der Waals surface area contributed by atoms with E-state index in [-0.39, 0.29) is 21.8 Å². The van der Waals surface area contributed by atoms with Crippen LogP contribution in [0, 0.1) is 5.92 Å². The third-order valence-corrected chi connectivity index (χ3v) is 4.24. The fraction of sp³-hybridized carbons (Fsp3) is 1.00. The molecule has 0 saturated carbocycles. The number of hydrogen-bond donors (Lipinski definition) is 0. The zero-order chi connectivity index (χ0) is 36.6. The minimum absolute atomic E-state index is 0. The first-order valence-electron chi connectivity index (χ1n) is 12.8. The average molecular weight is 735 g/mol. The molecule has 0 N–H and O–H groups in total. The summed E-state index contributed by atoms with van der Waals surface area (Å²) in [5.41, 5.74) is 0. The molecular formula is C26H48F18O2. The van der Waals surface area contributed by atoms with Crippen molar-refractivity contribution in [1.29, 1.82) is 0 Å². The standard InChI is InChI=1S/C8H6F12O.C8H18.C4H5F5O.C3H8.CH3F.2CH4/c9-2-5(11,12)21-8(19,20)3(6(13,14)15)1-4(10)7(16,17)18;1-3-5-7-8-6-4-2;1-3(6,7)4(8,9)10-2-5;1-3-2;1-2;;/h3-4H,1-2H2;3-8H2,1-2H3;2H2,1H3;3H2,1-2H3;1H3;2*1H4. The lowest BCUT2D eigenvalue weighted by atomic mass is 10.00. The fourth-order valence-electron chi connectivity index (χ4n) is 2.15. The molecule has 2 nitrogen and oxygen atoms in total. The first-order chi connectivity index (χ1) is 19.7. The maximum Gasteiger partial charge on any atom is 0.421 e. The highest BCUT2D eigenvalue weighted by molar-refractivity contribution is 4.83. The summed E-state index contributed by atoms with van der Waals surface area (Å²) < 4.78 is 218. The molecular weight excluding hydrogens is 686 g/mol. The molecule has 0 rings (SSSR count). The van der Waals surface area contributed by atoms with Gasteiger partial charge in [0, 0.05) is 13.3 Å². The van der Waals surface area contributed by atoms with E-state index in [0.29, 0.717) is 7.18 Å². The Bertz CT molecular complexity index is 630. The first-order valence-corrected chi connectivity index (χ1v) is 12.8. The van der Waals surface area contributed by atoms with Crippen LogP contribution < -0.4 is 0 Å². The molecule has 0 amide bonds. The number of hydrogen-bond acceptors (Lipinski definition) is 2. The number of alkyl halides is 18. The molecule has 290 valence electrons. The van der Waals surface area contributed by atoms with Gasteiger partial charge in [0.15, 0.2) is 19.7 Å². The van der Waals surface area contributed by atoms with Gasteiger partial charge in [-0.15, -0.1) is 0 Å². The molecule has 0 fully saturated rings. The Morgan fingerprint density at radius 2 is 0.957 bits per heavy atom. The number of rotatable bonds is 14. The lowest BCUT2D eigenvalue weighted by Crippen LogP contribution is -2.48. The van der Waals surface area contributed by atoms with Crippen molar-refractivity contribution in [3.8, 4) is 0 Å². The number of halogens is 18. The van der Waals surface area contributed by atoms with E-state index in [1.54, 1.807) is 0 Å². The zero-order valence-electron chi connectivity index (χ0n) is 24.8. The SMILES string of the molecule is C.C.CC(F)(F)C(F)(F)OCF.CCC.CCCCCCCC.CF.FCC(F)(F)OC(F)(F)C(CC(F)C(F)(F)F)C(F)(F)F. The molecule has 0 bridgehead atoms. The summed E-state index contributed by atoms with van der Waals surface area (Å²) in [6.07, 6.45) is -25.7. The normalized spacial score (nSPS) is 13.3. The summed E-state index contributed by atoms with van der Waals surface area (Å²) in [6.45, 7) is 3.82. The van der Waals surface area contributed by atoms with Crippen molar-refractivity contribution in [2.75, 3.05) is 20.7 Å². The van der Waals surface area contributed by atoms with Crippen LogP contribution in [0.4, 0.5) is 79.0 Å². The third kappa shape index (κ3) is 32.6. The van der Waals surface area contributed by atoms with Crippen LogP contribution in [0.2, 0.25) is 0 Å². The van der Waals surface area contributed by atoms with Crippen molar-refractivity contribution in [2.45, 2.75) is 144 Å². The summed E-state index contributed by atoms with van der Waals surface area (Å²) in [5.74, 6) is -8.89. The van der Waals surface area contributed by atoms with E-state index in [0.717, 1.165) is 0 Å². The molecule has 0 saturated heterocycles. The minimum Gasteiger partial charge on any atom is -0.284 e. The highest BCUT2D eigenvalue weighted by Gasteiger charge is 2.62. The predicted molar refractivity (Wildman–Crippen MR) is 140 cm³/mol. The Kier molecular flexibility index (Phi) is 37.4. The van der Waals surface area contributed by atoms with Crippen molar-refractivity contribution in [2.24, 2.45) is 5.92 Å². The number of ether oxygens (including phenoxy) is 2. The Morgan fingerprint density at radius 1 is 0.609 bits per heavy atom. The van der Waals surface area contributed by atoms with E-state index in [9.17, 15) is 79.0 Å². The molecule has 0 radical (unpaired) electrons. The predicted octanol–water partition coefficient (Wildman–Crippen LogP) is 13.4. The molecule has 0 aliphatic rings. The molecule has 0 aromatic rings. The molecule has 20 heteroatoms. The quantitative estimate of drug-likeness (QED) is 0.131. The maximum absolute atomic E-state index is 12.9. The summed E-state index contributed by atoms with van der Waals surface area (Å²) in [5, 5.41) is 0. The first kappa shape index (κ1) is 60.0. The Balaban J connectivity index is -0.000000102. The van der Waals surface area contributed by atoms with E-state index < -0.39 is 68.6 Å². The van der Waals surface area contributed by atoms with Gasteiger partial charge in [-0.25, -0.2) is 13.2 Å². The maximum atomic E-state index is 12.9. The van der Waals surface area contributed by atoms with E-state index in [1.807, 2.05) is 0 Å². The van der Waals surface area contributed by atoms with Crippen LogP contribution in [-0.2, 0) is 9.47 Å². The zero-order valence-corrected chi connectivity index (χ0v) is 24.8. The van der Waals surface area contributed by atoms with Gasteiger partial charge >= 0.3 is 36.6 Å². The van der Waals surface area contributed by atoms with Crippen molar-refractivity contribution in [1.82, 2.24) is 0 Å². The van der Waals surface area contributed by atoms with E-state index in [4.69, 9.17) is 0 Å². The fourth-order valence-corrected chi connectivity index (χ4v) is 2.15. The van der Waals surface area contributed by atoms with Crippen LogP contribution in [-0.4, -0.2) is 63.5 Å². The van der Waals surface area contributed by atoms with Crippen LogP contribution in [0.25, 0.3) is 0 Å². The second-order valence-electron chi connectivity index (χ2n) is 8.55. The van der Waals surface area contributed by atoms with Crippen molar-refractivity contribution in [3.63, 3.8) is 0 Å². The molecule has 0 aromatic carbocycles. The number of unbranched alkanes of at least 4 members (excludes halogenated alkanes) is 5. The van der Waals surface area contributed by atoms with Gasteiger partial charge in [0.25, 0.3) is 0 Å². The van der Waals surface area contributed by atoms with Crippen LogP contribution >= 0.6 is 0 Å². The largest absolute Gasteiger partial charge is 0.421 e.